The van der Waals surface area contributed by atoms with Gasteiger partial charge in [0.1, 0.15) is 0 Å². The number of hydrogen-bond acceptors (Lipinski definition) is 1. The molecule has 92 valence electrons. The molecule has 0 saturated heterocycles. The Hall–Kier alpha value is -2.61. The molecule has 3 aromatic rings. The van der Waals surface area contributed by atoms with Crippen LogP contribution in [-0.4, -0.2) is 4.57 Å². The lowest BCUT2D eigenvalue weighted by molar-refractivity contribution is 0.991. The Balaban J connectivity index is 2.11. The van der Waals surface area contributed by atoms with Gasteiger partial charge in [0, 0.05) is 18.0 Å². The van der Waals surface area contributed by atoms with Crippen molar-refractivity contribution >= 4 is 0 Å². The Morgan fingerprint density at radius 2 is 1.42 bits per heavy atom. The second-order valence-corrected chi connectivity index (χ2v) is 4.33. The van der Waals surface area contributed by atoms with Gasteiger partial charge in [0.15, 0.2) is 0 Å². The van der Waals surface area contributed by atoms with Gasteiger partial charge in [0.25, 0.3) is 5.56 Å². The van der Waals surface area contributed by atoms with Gasteiger partial charge in [0.2, 0.25) is 0 Å². The van der Waals surface area contributed by atoms with Crippen LogP contribution in [0.3, 0.4) is 0 Å². The van der Waals surface area contributed by atoms with Crippen LogP contribution in [0.15, 0.2) is 83.8 Å². The zero-order chi connectivity index (χ0) is 13.1. The molecule has 0 unspecified atom stereocenters. The Kier molecular flexibility index (Phi) is 2.99. The van der Waals surface area contributed by atoms with Crippen molar-refractivity contribution in [2.45, 2.75) is 0 Å². The SMILES string of the molecule is O=c1ccccn1-c1cccc(-c2ccccc2)c1. The minimum Gasteiger partial charge on any atom is -0.284 e. The molecule has 2 nitrogen and oxygen atoms in total. The van der Waals surface area contributed by atoms with E-state index < -0.39 is 0 Å². The van der Waals surface area contributed by atoms with E-state index in [0.29, 0.717) is 0 Å². The topological polar surface area (TPSA) is 22.0 Å². The molecule has 2 aromatic carbocycles. The molecule has 1 heterocycles. The van der Waals surface area contributed by atoms with Crippen LogP contribution < -0.4 is 5.56 Å². The molecule has 19 heavy (non-hydrogen) atoms. The van der Waals surface area contributed by atoms with Crippen LogP contribution in [0.4, 0.5) is 0 Å². The molecule has 0 bridgehead atoms. The molecule has 0 aliphatic rings. The van der Waals surface area contributed by atoms with Crippen LogP contribution in [0.2, 0.25) is 0 Å². The maximum Gasteiger partial charge on any atom is 0.255 e. The summed E-state index contributed by atoms with van der Waals surface area (Å²) >= 11 is 0. The van der Waals surface area contributed by atoms with Gasteiger partial charge in [0.05, 0.1) is 0 Å². The molecular weight excluding hydrogens is 234 g/mol. The molecule has 2 heteroatoms. The first-order chi connectivity index (χ1) is 9.34. The molecule has 0 aliphatic carbocycles. The normalized spacial score (nSPS) is 10.3. The predicted molar refractivity (Wildman–Crippen MR) is 77.5 cm³/mol. The summed E-state index contributed by atoms with van der Waals surface area (Å²) in [6, 6.07) is 23.3. The minimum absolute atomic E-state index is 0.0206. The monoisotopic (exact) mass is 247 g/mol. The van der Waals surface area contributed by atoms with Crippen LogP contribution in [0.25, 0.3) is 16.8 Å². The fourth-order valence-electron chi connectivity index (χ4n) is 2.11. The first kappa shape index (κ1) is 11.5. The van der Waals surface area contributed by atoms with Gasteiger partial charge in [-0.15, -0.1) is 0 Å². The summed E-state index contributed by atoms with van der Waals surface area (Å²) in [5, 5.41) is 0. The third-order valence-corrected chi connectivity index (χ3v) is 3.05. The first-order valence-corrected chi connectivity index (χ1v) is 6.18. The number of hydrogen-bond donors (Lipinski definition) is 0. The van der Waals surface area contributed by atoms with Gasteiger partial charge < -0.3 is 0 Å². The lowest BCUT2D eigenvalue weighted by atomic mass is 10.1. The average molecular weight is 247 g/mol. The fraction of sp³-hybridized carbons (Fsp3) is 0. The van der Waals surface area contributed by atoms with E-state index in [9.17, 15) is 4.79 Å². The average Bonchev–Trinajstić information content (AvgIpc) is 2.49. The second kappa shape index (κ2) is 4.94. The first-order valence-electron chi connectivity index (χ1n) is 6.18. The summed E-state index contributed by atoms with van der Waals surface area (Å²) in [7, 11) is 0. The van der Waals surface area contributed by atoms with E-state index in [1.807, 2.05) is 48.5 Å². The largest absolute Gasteiger partial charge is 0.284 e. The predicted octanol–water partition coefficient (Wildman–Crippen LogP) is 3.50. The lowest BCUT2D eigenvalue weighted by Crippen LogP contribution is -2.15. The van der Waals surface area contributed by atoms with Crippen LogP contribution >= 0.6 is 0 Å². The van der Waals surface area contributed by atoms with E-state index >= 15 is 0 Å². The van der Waals surface area contributed by atoms with Crippen LogP contribution in [-0.2, 0) is 0 Å². The summed E-state index contributed by atoms with van der Waals surface area (Å²) in [6.07, 6.45) is 1.78. The molecule has 0 saturated carbocycles. The summed E-state index contributed by atoms with van der Waals surface area (Å²) in [4.78, 5) is 11.8. The number of pyridine rings is 1. The number of nitrogens with zero attached hydrogens (tertiary/aromatic N) is 1. The lowest BCUT2D eigenvalue weighted by Gasteiger charge is -2.07. The molecule has 0 N–H and O–H groups in total. The van der Waals surface area contributed by atoms with Gasteiger partial charge in [-0.1, -0.05) is 48.5 Å². The summed E-state index contributed by atoms with van der Waals surface area (Å²) in [5.74, 6) is 0. The van der Waals surface area contributed by atoms with Crippen molar-refractivity contribution in [3.8, 4) is 16.8 Å². The van der Waals surface area contributed by atoms with E-state index in [2.05, 4.69) is 12.1 Å². The van der Waals surface area contributed by atoms with Gasteiger partial charge in [-0.3, -0.25) is 9.36 Å². The van der Waals surface area contributed by atoms with Gasteiger partial charge >= 0.3 is 0 Å². The molecule has 0 spiro atoms. The second-order valence-electron chi connectivity index (χ2n) is 4.33. The molecule has 1 aromatic heterocycles. The standard InChI is InChI=1S/C17H13NO/c19-17-11-4-5-12-18(17)16-10-6-9-15(13-16)14-7-2-1-3-8-14/h1-13H. The Labute approximate surface area is 111 Å². The maximum atomic E-state index is 11.8. The summed E-state index contributed by atoms with van der Waals surface area (Å²) < 4.78 is 1.65. The van der Waals surface area contributed by atoms with E-state index in [0.717, 1.165) is 16.8 Å². The Morgan fingerprint density at radius 1 is 0.684 bits per heavy atom. The molecule has 0 aliphatic heterocycles. The Morgan fingerprint density at radius 3 is 2.21 bits per heavy atom. The highest BCUT2D eigenvalue weighted by Crippen LogP contribution is 2.21. The quantitative estimate of drug-likeness (QED) is 0.679. The van der Waals surface area contributed by atoms with Crippen molar-refractivity contribution in [3.63, 3.8) is 0 Å². The minimum atomic E-state index is -0.0206. The number of benzene rings is 2. The summed E-state index contributed by atoms with van der Waals surface area (Å²) in [6.45, 7) is 0. The van der Waals surface area contributed by atoms with E-state index in [1.165, 1.54) is 0 Å². The maximum absolute atomic E-state index is 11.8. The third kappa shape index (κ3) is 2.33. The molecule has 0 radical (unpaired) electrons. The van der Waals surface area contributed by atoms with Crippen molar-refractivity contribution in [1.29, 1.82) is 0 Å². The molecular formula is C17H13NO. The molecule has 0 atom stereocenters. The number of rotatable bonds is 2. The highest BCUT2D eigenvalue weighted by molar-refractivity contribution is 5.65. The van der Waals surface area contributed by atoms with Crippen molar-refractivity contribution in [2.75, 3.05) is 0 Å². The highest BCUT2D eigenvalue weighted by atomic mass is 16.1. The van der Waals surface area contributed by atoms with Gasteiger partial charge in [-0.2, -0.15) is 0 Å². The van der Waals surface area contributed by atoms with Crippen LogP contribution in [0.5, 0.6) is 0 Å². The van der Waals surface area contributed by atoms with Crippen LogP contribution in [0, 0.1) is 0 Å². The van der Waals surface area contributed by atoms with Crippen LogP contribution in [0.1, 0.15) is 0 Å². The van der Waals surface area contributed by atoms with Crippen molar-refractivity contribution < 1.29 is 0 Å². The smallest absolute Gasteiger partial charge is 0.255 e. The van der Waals surface area contributed by atoms with Crippen molar-refractivity contribution in [2.24, 2.45) is 0 Å². The van der Waals surface area contributed by atoms with E-state index in [1.54, 1.807) is 22.9 Å². The van der Waals surface area contributed by atoms with Crippen molar-refractivity contribution in [1.82, 2.24) is 4.57 Å². The van der Waals surface area contributed by atoms with Gasteiger partial charge in [-0.25, -0.2) is 0 Å². The zero-order valence-electron chi connectivity index (χ0n) is 10.4. The summed E-state index contributed by atoms with van der Waals surface area (Å²) in [5.41, 5.74) is 3.11. The fourth-order valence-corrected chi connectivity index (χ4v) is 2.11. The highest BCUT2D eigenvalue weighted by Gasteiger charge is 2.01. The van der Waals surface area contributed by atoms with E-state index in [-0.39, 0.29) is 5.56 Å². The molecule has 3 rings (SSSR count). The Bertz CT molecular complexity index is 744. The molecule has 0 amide bonds. The number of aromatic nitrogens is 1. The van der Waals surface area contributed by atoms with E-state index in [4.69, 9.17) is 0 Å². The third-order valence-electron chi connectivity index (χ3n) is 3.05. The molecule has 0 fully saturated rings. The zero-order valence-corrected chi connectivity index (χ0v) is 10.4. The van der Waals surface area contributed by atoms with Crippen molar-refractivity contribution in [3.05, 3.63) is 89.3 Å². The van der Waals surface area contributed by atoms with Gasteiger partial charge in [-0.05, 0) is 29.3 Å².